The van der Waals surface area contributed by atoms with E-state index in [1.165, 1.54) is 6.07 Å². The first-order valence-corrected chi connectivity index (χ1v) is 6.18. The first-order valence-electron chi connectivity index (χ1n) is 6.18. The van der Waals surface area contributed by atoms with E-state index in [9.17, 15) is 9.18 Å². The highest BCUT2D eigenvalue weighted by molar-refractivity contribution is 5.87. The summed E-state index contributed by atoms with van der Waals surface area (Å²) in [5.41, 5.74) is 0.533. The van der Waals surface area contributed by atoms with Gasteiger partial charge in [-0.3, -0.25) is 4.90 Å². The van der Waals surface area contributed by atoms with Gasteiger partial charge in [-0.2, -0.15) is 0 Å². The molecule has 18 heavy (non-hydrogen) atoms. The van der Waals surface area contributed by atoms with Crippen molar-refractivity contribution in [3.63, 3.8) is 0 Å². The van der Waals surface area contributed by atoms with Crippen molar-refractivity contribution in [3.05, 3.63) is 35.1 Å². The molecule has 0 saturated heterocycles. The fourth-order valence-electron chi connectivity index (χ4n) is 1.87. The number of halogens is 1. The predicted molar refractivity (Wildman–Crippen MR) is 69.1 cm³/mol. The van der Waals surface area contributed by atoms with E-state index >= 15 is 0 Å². The zero-order valence-corrected chi connectivity index (χ0v) is 11.1. The molecule has 4 heteroatoms. The predicted octanol–water partition coefficient (Wildman–Crippen LogP) is 3.00. The van der Waals surface area contributed by atoms with Crippen LogP contribution in [0.1, 0.15) is 36.7 Å². The highest BCUT2D eigenvalue weighted by atomic mass is 19.1. The highest BCUT2D eigenvalue weighted by Crippen LogP contribution is 2.14. The van der Waals surface area contributed by atoms with Gasteiger partial charge in [-0.15, -0.1) is 0 Å². The molecule has 3 nitrogen and oxygen atoms in total. The first-order chi connectivity index (χ1) is 8.43. The number of rotatable bonds is 6. The molecule has 1 N–H and O–H groups in total. The van der Waals surface area contributed by atoms with Gasteiger partial charge in [-0.05, 0) is 24.6 Å². The minimum atomic E-state index is -1.10. The van der Waals surface area contributed by atoms with Crippen molar-refractivity contribution in [1.29, 1.82) is 0 Å². The van der Waals surface area contributed by atoms with Crippen LogP contribution in [0.25, 0.3) is 0 Å². The molecule has 0 atom stereocenters. The van der Waals surface area contributed by atoms with Crippen molar-refractivity contribution in [1.82, 2.24) is 4.90 Å². The Labute approximate surface area is 107 Å². The molecule has 0 aliphatic heterocycles. The summed E-state index contributed by atoms with van der Waals surface area (Å²) in [6, 6.07) is 4.09. The van der Waals surface area contributed by atoms with Crippen LogP contribution < -0.4 is 0 Å². The van der Waals surface area contributed by atoms with Crippen molar-refractivity contribution in [3.8, 4) is 0 Å². The zero-order chi connectivity index (χ0) is 13.7. The number of benzene rings is 1. The largest absolute Gasteiger partial charge is 0.478 e. The normalized spacial score (nSPS) is 11.2. The van der Waals surface area contributed by atoms with Gasteiger partial charge in [0, 0.05) is 18.7 Å². The first kappa shape index (κ1) is 14.6. The Morgan fingerprint density at radius 1 is 1.44 bits per heavy atom. The Kier molecular flexibility index (Phi) is 5.28. The lowest BCUT2D eigenvalue weighted by atomic mass is 10.1. The van der Waals surface area contributed by atoms with E-state index in [1.54, 1.807) is 6.07 Å². The number of carboxylic acid groups (broad SMARTS) is 1. The lowest BCUT2D eigenvalue weighted by Gasteiger charge is -2.22. The fraction of sp³-hybridized carbons (Fsp3) is 0.500. The van der Waals surface area contributed by atoms with Crippen LogP contribution in [0, 0.1) is 11.7 Å². The SMILES string of the molecule is CCN(Cc1ccc(C(=O)O)cc1F)CC(C)C. The van der Waals surface area contributed by atoms with Gasteiger partial charge in [0.15, 0.2) is 0 Å². The molecular formula is C14H20FNO2. The number of hydrogen-bond donors (Lipinski definition) is 1. The summed E-state index contributed by atoms with van der Waals surface area (Å²) in [5.74, 6) is -1.03. The minimum absolute atomic E-state index is 0.0110. The second-order valence-electron chi connectivity index (χ2n) is 4.83. The summed E-state index contributed by atoms with van der Waals surface area (Å²) in [6.45, 7) is 8.53. The monoisotopic (exact) mass is 253 g/mol. The zero-order valence-electron chi connectivity index (χ0n) is 11.1. The molecule has 0 aliphatic rings. The van der Waals surface area contributed by atoms with Crippen molar-refractivity contribution in [2.75, 3.05) is 13.1 Å². The Bertz CT molecular complexity index is 418. The summed E-state index contributed by atoms with van der Waals surface area (Å²) < 4.78 is 13.8. The van der Waals surface area contributed by atoms with E-state index < -0.39 is 11.8 Å². The molecule has 0 aliphatic carbocycles. The minimum Gasteiger partial charge on any atom is -0.478 e. The topological polar surface area (TPSA) is 40.5 Å². The molecule has 0 saturated carbocycles. The quantitative estimate of drug-likeness (QED) is 0.847. The van der Waals surface area contributed by atoms with Crippen molar-refractivity contribution in [2.45, 2.75) is 27.3 Å². The summed E-state index contributed by atoms with van der Waals surface area (Å²) in [5, 5.41) is 8.77. The lowest BCUT2D eigenvalue weighted by Crippen LogP contribution is -2.27. The maximum Gasteiger partial charge on any atom is 0.335 e. The second-order valence-corrected chi connectivity index (χ2v) is 4.83. The Hall–Kier alpha value is -1.42. The van der Waals surface area contributed by atoms with Gasteiger partial charge in [0.2, 0.25) is 0 Å². The van der Waals surface area contributed by atoms with Gasteiger partial charge in [-0.25, -0.2) is 9.18 Å². The van der Waals surface area contributed by atoms with Crippen molar-refractivity contribution in [2.24, 2.45) is 5.92 Å². The number of nitrogens with zero attached hydrogens (tertiary/aromatic N) is 1. The Morgan fingerprint density at radius 2 is 2.11 bits per heavy atom. The average molecular weight is 253 g/mol. The smallest absolute Gasteiger partial charge is 0.335 e. The third kappa shape index (κ3) is 4.11. The maximum atomic E-state index is 13.8. The van der Waals surface area contributed by atoms with Crippen LogP contribution in [-0.4, -0.2) is 29.1 Å². The average Bonchev–Trinajstić information content (AvgIpc) is 2.29. The molecule has 0 heterocycles. The molecule has 0 unspecified atom stereocenters. The highest BCUT2D eigenvalue weighted by Gasteiger charge is 2.12. The van der Waals surface area contributed by atoms with Gasteiger partial charge in [0.05, 0.1) is 5.56 Å². The molecule has 100 valence electrons. The molecule has 0 spiro atoms. The van der Waals surface area contributed by atoms with E-state index in [2.05, 4.69) is 18.7 Å². The van der Waals surface area contributed by atoms with Crippen LogP contribution in [0.15, 0.2) is 18.2 Å². The van der Waals surface area contributed by atoms with Crippen LogP contribution in [0.2, 0.25) is 0 Å². The lowest BCUT2D eigenvalue weighted by molar-refractivity contribution is 0.0696. The van der Waals surface area contributed by atoms with Crippen molar-refractivity contribution >= 4 is 5.97 Å². The Balaban J connectivity index is 2.80. The van der Waals surface area contributed by atoms with Crippen molar-refractivity contribution < 1.29 is 14.3 Å². The molecule has 0 aromatic heterocycles. The molecule has 0 bridgehead atoms. The second kappa shape index (κ2) is 6.50. The van der Waals surface area contributed by atoms with E-state index in [4.69, 9.17) is 5.11 Å². The van der Waals surface area contributed by atoms with Crippen LogP contribution in [0.5, 0.6) is 0 Å². The third-order valence-electron chi connectivity index (χ3n) is 2.76. The van der Waals surface area contributed by atoms with Gasteiger partial charge < -0.3 is 5.11 Å². The van der Waals surface area contributed by atoms with E-state index in [0.717, 1.165) is 19.2 Å². The molecule has 1 rings (SSSR count). The fourth-order valence-corrected chi connectivity index (χ4v) is 1.87. The number of carbonyl (C=O) groups is 1. The van der Waals surface area contributed by atoms with E-state index in [1.807, 2.05) is 6.92 Å². The summed E-state index contributed by atoms with van der Waals surface area (Å²) in [6.07, 6.45) is 0. The third-order valence-corrected chi connectivity index (χ3v) is 2.76. The van der Waals surface area contributed by atoms with Gasteiger partial charge in [0.1, 0.15) is 5.82 Å². The molecule has 0 amide bonds. The van der Waals surface area contributed by atoms with Gasteiger partial charge in [-0.1, -0.05) is 26.8 Å². The van der Waals surface area contributed by atoms with Gasteiger partial charge >= 0.3 is 5.97 Å². The molecular weight excluding hydrogens is 233 g/mol. The summed E-state index contributed by atoms with van der Waals surface area (Å²) in [4.78, 5) is 12.9. The number of aromatic carboxylic acids is 1. The summed E-state index contributed by atoms with van der Waals surface area (Å²) >= 11 is 0. The van der Waals surface area contributed by atoms with Crippen LogP contribution >= 0.6 is 0 Å². The maximum absolute atomic E-state index is 13.8. The number of hydrogen-bond acceptors (Lipinski definition) is 2. The molecule has 0 radical (unpaired) electrons. The number of carboxylic acids is 1. The van der Waals surface area contributed by atoms with Crippen LogP contribution in [-0.2, 0) is 6.54 Å². The molecule has 1 aromatic rings. The Morgan fingerprint density at radius 3 is 2.56 bits per heavy atom. The standard InChI is InChI=1S/C14H20FNO2/c1-4-16(8-10(2)3)9-12-6-5-11(14(17)18)7-13(12)15/h5-7,10H,4,8-9H2,1-3H3,(H,17,18). The van der Waals surface area contributed by atoms with E-state index in [0.29, 0.717) is 18.0 Å². The molecule has 1 aromatic carbocycles. The van der Waals surface area contributed by atoms with Gasteiger partial charge in [0.25, 0.3) is 0 Å². The van der Waals surface area contributed by atoms with E-state index in [-0.39, 0.29) is 5.56 Å². The molecule has 0 fully saturated rings. The van der Waals surface area contributed by atoms with Crippen LogP contribution in [0.4, 0.5) is 4.39 Å². The summed E-state index contributed by atoms with van der Waals surface area (Å²) in [7, 11) is 0. The van der Waals surface area contributed by atoms with Crippen LogP contribution in [0.3, 0.4) is 0 Å².